The fraction of sp³-hybridized carbons (Fsp3) is 0.375. The predicted molar refractivity (Wildman–Crippen MR) is 159 cm³/mol. The molecule has 208 valence electrons. The van der Waals surface area contributed by atoms with Gasteiger partial charge in [-0.2, -0.15) is 0 Å². The molecule has 0 aliphatic carbocycles. The summed E-state index contributed by atoms with van der Waals surface area (Å²) in [5, 5.41) is 3.97. The van der Waals surface area contributed by atoms with Crippen molar-refractivity contribution in [1.29, 1.82) is 0 Å². The molecule has 3 rings (SSSR count). The molecule has 39 heavy (non-hydrogen) atoms. The second kappa shape index (κ2) is 12.9. The lowest BCUT2D eigenvalue weighted by Crippen LogP contribution is -2.55. The minimum atomic E-state index is -0.794. The summed E-state index contributed by atoms with van der Waals surface area (Å²) < 4.78 is 5.91. The lowest BCUT2D eigenvalue weighted by atomic mass is 9.87. The van der Waals surface area contributed by atoms with Crippen molar-refractivity contribution in [3.63, 3.8) is 0 Å². The van der Waals surface area contributed by atoms with Crippen LogP contribution in [0.3, 0.4) is 0 Å². The fourth-order valence-electron chi connectivity index (χ4n) is 4.12. The fourth-order valence-corrected chi connectivity index (χ4v) is 4.59. The number of carbonyl (C=O) groups excluding carboxylic acids is 2. The van der Waals surface area contributed by atoms with E-state index in [4.69, 9.17) is 27.9 Å². The van der Waals surface area contributed by atoms with Gasteiger partial charge >= 0.3 is 0 Å². The third kappa shape index (κ3) is 9.29. The number of rotatable bonds is 9. The zero-order valence-corrected chi connectivity index (χ0v) is 25.1. The average molecular weight is 570 g/mol. The van der Waals surface area contributed by atoms with E-state index in [1.165, 1.54) is 5.56 Å². The Morgan fingerprint density at radius 1 is 0.897 bits per heavy atom. The molecular weight excluding hydrogens is 531 g/mol. The van der Waals surface area contributed by atoms with E-state index in [1.807, 2.05) is 75.4 Å². The molecule has 0 aliphatic rings. The van der Waals surface area contributed by atoms with Crippen LogP contribution in [0.25, 0.3) is 0 Å². The highest BCUT2D eigenvalue weighted by atomic mass is 35.5. The van der Waals surface area contributed by atoms with Crippen LogP contribution in [0, 0.1) is 0 Å². The normalized spacial score (nSPS) is 12.5. The molecule has 7 heteroatoms. The van der Waals surface area contributed by atoms with Gasteiger partial charge in [-0.15, -0.1) is 0 Å². The molecule has 0 fully saturated rings. The number of halogens is 2. The van der Waals surface area contributed by atoms with Gasteiger partial charge in [-0.05, 0) is 67.1 Å². The van der Waals surface area contributed by atoms with Crippen molar-refractivity contribution < 1.29 is 14.3 Å². The van der Waals surface area contributed by atoms with Crippen LogP contribution in [0.15, 0.2) is 72.8 Å². The summed E-state index contributed by atoms with van der Waals surface area (Å²) in [6, 6.07) is 21.7. The van der Waals surface area contributed by atoms with E-state index in [0.29, 0.717) is 27.8 Å². The van der Waals surface area contributed by atoms with Gasteiger partial charge in [0, 0.05) is 28.5 Å². The van der Waals surface area contributed by atoms with E-state index in [2.05, 4.69) is 26.1 Å². The van der Waals surface area contributed by atoms with Gasteiger partial charge in [-0.25, -0.2) is 0 Å². The van der Waals surface area contributed by atoms with E-state index in [1.54, 1.807) is 23.1 Å². The number of carbonyl (C=O) groups is 2. The Bertz CT molecular complexity index is 1260. The standard InChI is InChI=1S/C32H38Cl2N2O3/c1-31(2,3)24-13-16-26(17-14-24)39-21-29(37)36(20-23-12-15-25(33)19-27(23)34)28(30(38)35-32(4,5)6)18-22-10-8-7-9-11-22/h7-17,19,28H,18,20-21H2,1-6H3,(H,35,38). The van der Waals surface area contributed by atoms with Gasteiger partial charge in [-0.1, -0.05) is 92.5 Å². The van der Waals surface area contributed by atoms with Gasteiger partial charge in [0.15, 0.2) is 6.61 Å². The average Bonchev–Trinajstić information content (AvgIpc) is 2.85. The zero-order chi connectivity index (χ0) is 28.8. The molecule has 5 nitrogen and oxygen atoms in total. The number of hydrogen-bond donors (Lipinski definition) is 1. The Morgan fingerprint density at radius 3 is 2.10 bits per heavy atom. The lowest BCUT2D eigenvalue weighted by Gasteiger charge is -2.34. The van der Waals surface area contributed by atoms with Gasteiger partial charge in [0.05, 0.1) is 0 Å². The Labute approximate surface area is 242 Å². The zero-order valence-electron chi connectivity index (χ0n) is 23.6. The molecule has 0 heterocycles. The SMILES string of the molecule is CC(C)(C)NC(=O)C(Cc1ccccc1)N(Cc1ccc(Cl)cc1Cl)C(=O)COc1ccc(C(C)(C)C)cc1. The van der Waals surface area contributed by atoms with Crippen LogP contribution >= 0.6 is 23.2 Å². The maximum Gasteiger partial charge on any atom is 0.261 e. The van der Waals surface area contributed by atoms with E-state index in [-0.39, 0.29) is 30.4 Å². The molecule has 3 aromatic carbocycles. The molecule has 0 spiro atoms. The summed E-state index contributed by atoms with van der Waals surface area (Å²) in [7, 11) is 0. The number of benzene rings is 3. The molecule has 1 unspecified atom stereocenters. The van der Waals surface area contributed by atoms with Crippen LogP contribution in [-0.4, -0.2) is 34.9 Å². The summed E-state index contributed by atoms with van der Waals surface area (Å²) in [6.07, 6.45) is 0.333. The quantitative estimate of drug-likeness (QED) is 0.296. The first-order valence-corrected chi connectivity index (χ1v) is 13.8. The van der Waals surface area contributed by atoms with Crippen LogP contribution < -0.4 is 10.1 Å². The predicted octanol–water partition coefficient (Wildman–Crippen LogP) is 7.22. The number of amides is 2. The summed E-state index contributed by atoms with van der Waals surface area (Å²) in [5.41, 5.74) is 2.32. The van der Waals surface area contributed by atoms with Gasteiger partial charge in [0.25, 0.3) is 5.91 Å². The monoisotopic (exact) mass is 568 g/mol. The second-order valence-corrected chi connectivity index (χ2v) is 12.6. The largest absolute Gasteiger partial charge is 0.484 e. The third-order valence-electron chi connectivity index (χ3n) is 6.21. The van der Waals surface area contributed by atoms with E-state index >= 15 is 0 Å². The molecule has 0 aromatic heterocycles. The molecule has 1 atom stereocenters. The summed E-state index contributed by atoms with van der Waals surface area (Å²) in [6.45, 7) is 12.1. The Kier molecular flexibility index (Phi) is 10.1. The minimum Gasteiger partial charge on any atom is -0.484 e. The van der Waals surface area contributed by atoms with Gasteiger partial charge < -0.3 is 15.0 Å². The van der Waals surface area contributed by atoms with Crippen molar-refractivity contribution in [2.45, 2.75) is 71.5 Å². The van der Waals surface area contributed by atoms with Crippen molar-refractivity contribution in [2.75, 3.05) is 6.61 Å². The van der Waals surface area contributed by atoms with Crippen LogP contribution in [-0.2, 0) is 28.0 Å². The summed E-state index contributed by atoms with van der Waals surface area (Å²) in [4.78, 5) is 29.0. The first-order chi connectivity index (χ1) is 18.2. The Balaban J connectivity index is 1.93. The van der Waals surface area contributed by atoms with Crippen molar-refractivity contribution >= 4 is 35.0 Å². The minimum absolute atomic E-state index is 0.00801. The number of ether oxygens (including phenoxy) is 1. The lowest BCUT2D eigenvalue weighted by molar-refractivity contribution is -0.143. The van der Waals surface area contributed by atoms with Crippen molar-refractivity contribution in [1.82, 2.24) is 10.2 Å². The van der Waals surface area contributed by atoms with Crippen molar-refractivity contribution in [3.8, 4) is 5.75 Å². The first-order valence-electron chi connectivity index (χ1n) is 13.1. The summed E-state index contributed by atoms with van der Waals surface area (Å²) >= 11 is 12.6. The van der Waals surface area contributed by atoms with Crippen molar-refractivity contribution in [3.05, 3.63) is 99.5 Å². The van der Waals surface area contributed by atoms with Crippen LogP contribution in [0.2, 0.25) is 10.0 Å². The van der Waals surface area contributed by atoms with Crippen LogP contribution in [0.1, 0.15) is 58.2 Å². The van der Waals surface area contributed by atoms with E-state index in [9.17, 15) is 9.59 Å². The first kappa shape index (κ1) is 30.5. The van der Waals surface area contributed by atoms with E-state index in [0.717, 1.165) is 5.56 Å². The smallest absolute Gasteiger partial charge is 0.261 e. The molecule has 0 saturated heterocycles. The molecule has 0 radical (unpaired) electrons. The molecule has 0 bridgehead atoms. The maximum atomic E-state index is 13.8. The number of nitrogens with one attached hydrogen (secondary N) is 1. The van der Waals surface area contributed by atoms with Gasteiger partial charge in [0.1, 0.15) is 11.8 Å². The number of hydrogen-bond acceptors (Lipinski definition) is 3. The van der Waals surface area contributed by atoms with Crippen LogP contribution in [0.4, 0.5) is 0 Å². The molecular formula is C32H38Cl2N2O3. The molecule has 3 aromatic rings. The molecule has 0 saturated carbocycles. The Morgan fingerprint density at radius 2 is 1.54 bits per heavy atom. The maximum absolute atomic E-state index is 13.8. The summed E-state index contributed by atoms with van der Waals surface area (Å²) in [5.74, 6) is 0.00445. The molecule has 2 amide bonds. The third-order valence-corrected chi connectivity index (χ3v) is 6.79. The van der Waals surface area contributed by atoms with Gasteiger partial charge in [-0.3, -0.25) is 9.59 Å². The second-order valence-electron chi connectivity index (χ2n) is 11.8. The topological polar surface area (TPSA) is 58.6 Å². The van der Waals surface area contributed by atoms with E-state index < -0.39 is 11.6 Å². The molecule has 1 N–H and O–H groups in total. The highest BCUT2D eigenvalue weighted by molar-refractivity contribution is 6.35. The highest BCUT2D eigenvalue weighted by Gasteiger charge is 2.33. The van der Waals surface area contributed by atoms with Gasteiger partial charge in [0.2, 0.25) is 5.91 Å². The number of nitrogens with zero attached hydrogens (tertiary/aromatic N) is 1. The molecule has 0 aliphatic heterocycles. The van der Waals surface area contributed by atoms with Crippen molar-refractivity contribution in [2.24, 2.45) is 0 Å². The van der Waals surface area contributed by atoms with Crippen LogP contribution in [0.5, 0.6) is 5.75 Å². The Hall–Kier alpha value is -3.02. The highest BCUT2D eigenvalue weighted by Crippen LogP contribution is 2.26.